The van der Waals surface area contributed by atoms with Gasteiger partial charge in [-0.1, -0.05) is 23.7 Å². The van der Waals surface area contributed by atoms with Crippen LogP contribution in [-0.4, -0.2) is 23.6 Å². The van der Waals surface area contributed by atoms with Gasteiger partial charge in [-0.3, -0.25) is 14.4 Å². The van der Waals surface area contributed by atoms with Crippen LogP contribution in [-0.2, 0) is 16.1 Å². The molecule has 0 fully saturated rings. The molecule has 5 nitrogen and oxygen atoms in total. The first-order chi connectivity index (χ1) is 11.5. The number of hydrogen-bond donors (Lipinski definition) is 0. The molecule has 2 aromatic rings. The van der Waals surface area contributed by atoms with E-state index in [1.807, 2.05) is 12.1 Å². The van der Waals surface area contributed by atoms with Gasteiger partial charge >= 0.3 is 5.97 Å². The summed E-state index contributed by atoms with van der Waals surface area (Å²) in [7, 11) is 0. The topological polar surface area (TPSA) is 69.7 Å². The molecule has 0 saturated heterocycles. The molecule has 0 bridgehead atoms. The number of esters is 1. The third-order valence-electron chi connectivity index (χ3n) is 3.60. The van der Waals surface area contributed by atoms with Crippen molar-refractivity contribution in [3.8, 4) is 5.75 Å². The van der Waals surface area contributed by atoms with Crippen LogP contribution in [0.1, 0.15) is 33.2 Å². The average molecular weight is 345 g/mol. The van der Waals surface area contributed by atoms with Gasteiger partial charge in [-0.15, -0.1) is 0 Å². The zero-order valence-electron chi connectivity index (χ0n) is 12.7. The fraction of sp³-hybridized carbons (Fsp3) is 0.167. The van der Waals surface area contributed by atoms with E-state index in [9.17, 15) is 14.4 Å². The third-order valence-corrected chi connectivity index (χ3v) is 3.85. The number of benzene rings is 2. The lowest BCUT2D eigenvalue weighted by Gasteiger charge is -2.07. The maximum Gasteiger partial charge on any atom is 0.303 e. The number of rotatable bonds is 4. The van der Waals surface area contributed by atoms with E-state index in [1.54, 1.807) is 18.2 Å². The van der Waals surface area contributed by atoms with Crippen molar-refractivity contribution in [1.82, 2.24) is 0 Å². The Hall–Kier alpha value is -2.66. The standard InChI is InChI=1S/C18H13ClO5/c1-10(20)24-18-16(21)14-7-6-13(8-15(14)17(18)22)23-9-11-2-4-12(19)5-3-11/h2-8,18H,9H2,1H3. The minimum Gasteiger partial charge on any atom is -0.489 e. The van der Waals surface area contributed by atoms with E-state index >= 15 is 0 Å². The smallest absolute Gasteiger partial charge is 0.303 e. The summed E-state index contributed by atoms with van der Waals surface area (Å²) in [6.07, 6.45) is -1.39. The molecule has 1 aliphatic rings. The highest BCUT2D eigenvalue weighted by atomic mass is 35.5. The Morgan fingerprint density at radius 2 is 1.71 bits per heavy atom. The van der Waals surface area contributed by atoms with Crippen LogP contribution in [0.2, 0.25) is 5.02 Å². The summed E-state index contributed by atoms with van der Waals surface area (Å²) in [5, 5.41) is 0.636. The van der Waals surface area contributed by atoms with Crippen molar-refractivity contribution in [1.29, 1.82) is 0 Å². The number of carbonyl (C=O) groups excluding carboxylic acids is 3. The first kappa shape index (κ1) is 16.2. The normalized spacial score (nSPS) is 16.0. The van der Waals surface area contributed by atoms with Crippen molar-refractivity contribution in [2.45, 2.75) is 19.6 Å². The Labute approximate surface area is 143 Å². The second-order valence-corrected chi connectivity index (χ2v) is 5.78. The highest BCUT2D eigenvalue weighted by Crippen LogP contribution is 2.28. The molecule has 3 rings (SSSR count). The van der Waals surface area contributed by atoms with E-state index in [0.29, 0.717) is 17.4 Å². The van der Waals surface area contributed by atoms with Crippen LogP contribution in [0.5, 0.6) is 5.75 Å². The molecular formula is C18H13ClO5. The quantitative estimate of drug-likeness (QED) is 0.629. The van der Waals surface area contributed by atoms with Gasteiger partial charge in [-0.25, -0.2) is 0 Å². The van der Waals surface area contributed by atoms with Crippen LogP contribution in [0.4, 0.5) is 0 Å². The zero-order chi connectivity index (χ0) is 17.3. The predicted molar refractivity (Wildman–Crippen MR) is 86.4 cm³/mol. The molecule has 122 valence electrons. The van der Waals surface area contributed by atoms with Crippen molar-refractivity contribution in [3.05, 3.63) is 64.2 Å². The average Bonchev–Trinajstić information content (AvgIpc) is 2.79. The van der Waals surface area contributed by atoms with Gasteiger partial charge in [0.15, 0.2) is 0 Å². The van der Waals surface area contributed by atoms with E-state index in [2.05, 4.69) is 0 Å². The monoisotopic (exact) mass is 344 g/mol. The van der Waals surface area contributed by atoms with Crippen LogP contribution in [0, 0.1) is 0 Å². The van der Waals surface area contributed by atoms with Crippen molar-refractivity contribution >= 4 is 29.1 Å². The van der Waals surface area contributed by atoms with Crippen molar-refractivity contribution in [3.63, 3.8) is 0 Å². The molecule has 0 spiro atoms. The summed E-state index contributed by atoms with van der Waals surface area (Å²) in [6.45, 7) is 1.45. The number of ether oxygens (including phenoxy) is 2. The number of halogens is 1. The molecular weight excluding hydrogens is 332 g/mol. The van der Waals surface area contributed by atoms with Crippen molar-refractivity contribution in [2.75, 3.05) is 0 Å². The minimum absolute atomic E-state index is 0.208. The van der Waals surface area contributed by atoms with E-state index in [0.717, 1.165) is 12.5 Å². The van der Waals surface area contributed by atoms with Gasteiger partial charge in [0, 0.05) is 23.1 Å². The Morgan fingerprint density at radius 3 is 2.38 bits per heavy atom. The van der Waals surface area contributed by atoms with Crippen LogP contribution in [0.25, 0.3) is 0 Å². The molecule has 0 aromatic heterocycles. The molecule has 0 aliphatic heterocycles. The number of ketones is 2. The molecule has 0 saturated carbocycles. The lowest BCUT2D eigenvalue weighted by atomic mass is 10.1. The first-order valence-corrected chi connectivity index (χ1v) is 7.60. The summed E-state index contributed by atoms with van der Waals surface area (Å²) in [4.78, 5) is 35.4. The molecule has 1 aliphatic carbocycles. The maximum absolute atomic E-state index is 12.2. The number of hydrogen-bond acceptors (Lipinski definition) is 5. The lowest BCUT2D eigenvalue weighted by Crippen LogP contribution is -2.27. The van der Waals surface area contributed by atoms with E-state index < -0.39 is 23.6 Å². The van der Waals surface area contributed by atoms with Gasteiger partial charge in [0.1, 0.15) is 12.4 Å². The summed E-state index contributed by atoms with van der Waals surface area (Å²) in [6, 6.07) is 11.8. The molecule has 0 heterocycles. The van der Waals surface area contributed by atoms with Crippen LogP contribution in [0.3, 0.4) is 0 Å². The second kappa shape index (κ2) is 6.45. The maximum atomic E-state index is 12.2. The van der Waals surface area contributed by atoms with Gasteiger partial charge in [-0.2, -0.15) is 0 Å². The molecule has 24 heavy (non-hydrogen) atoms. The highest BCUT2D eigenvalue weighted by Gasteiger charge is 2.41. The third kappa shape index (κ3) is 3.16. The number of carbonyl (C=O) groups is 3. The Bertz CT molecular complexity index is 826. The van der Waals surface area contributed by atoms with Crippen molar-refractivity contribution < 1.29 is 23.9 Å². The van der Waals surface area contributed by atoms with Crippen molar-refractivity contribution in [2.24, 2.45) is 0 Å². The molecule has 6 heteroatoms. The summed E-state index contributed by atoms with van der Waals surface area (Å²) < 4.78 is 10.4. The molecule has 0 N–H and O–H groups in total. The first-order valence-electron chi connectivity index (χ1n) is 7.22. The van der Waals surface area contributed by atoms with Gasteiger partial charge in [0.2, 0.25) is 17.7 Å². The fourth-order valence-corrected chi connectivity index (χ4v) is 2.58. The van der Waals surface area contributed by atoms with Gasteiger partial charge in [0.25, 0.3) is 0 Å². The largest absolute Gasteiger partial charge is 0.489 e. The van der Waals surface area contributed by atoms with E-state index in [4.69, 9.17) is 21.1 Å². The summed E-state index contributed by atoms with van der Waals surface area (Å²) >= 11 is 5.83. The van der Waals surface area contributed by atoms with Gasteiger partial charge in [0.05, 0.1) is 0 Å². The van der Waals surface area contributed by atoms with Gasteiger partial charge < -0.3 is 9.47 Å². The van der Waals surface area contributed by atoms with Gasteiger partial charge in [-0.05, 0) is 35.9 Å². The summed E-state index contributed by atoms with van der Waals surface area (Å²) in [5.74, 6) is -1.25. The Morgan fingerprint density at radius 1 is 1.04 bits per heavy atom. The zero-order valence-corrected chi connectivity index (χ0v) is 13.5. The van der Waals surface area contributed by atoms with Crippen LogP contribution < -0.4 is 4.74 Å². The lowest BCUT2D eigenvalue weighted by molar-refractivity contribution is -0.142. The molecule has 2 aromatic carbocycles. The number of fused-ring (bicyclic) bond motifs is 1. The Balaban J connectivity index is 1.77. The van der Waals surface area contributed by atoms with Crippen LogP contribution in [0.15, 0.2) is 42.5 Å². The van der Waals surface area contributed by atoms with Crippen LogP contribution >= 0.6 is 11.6 Å². The van der Waals surface area contributed by atoms with E-state index in [-0.39, 0.29) is 11.1 Å². The number of Topliss-reactive ketones (excluding diaryl/α,β-unsaturated/α-hetero) is 2. The predicted octanol–water partition coefficient (Wildman–Crippen LogP) is 3.23. The summed E-state index contributed by atoms with van der Waals surface area (Å²) in [5.41, 5.74) is 1.37. The molecule has 1 atom stereocenters. The Kier molecular flexibility index (Phi) is 4.36. The molecule has 0 radical (unpaired) electrons. The fourth-order valence-electron chi connectivity index (χ4n) is 2.45. The second-order valence-electron chi connectivity index (χ2n) is 5.34. The molecule has 1 unspecified atom stereocenters. The SMILES string of the molecule is CC(=O)OC1C(=O)c2ccc(OCc3ccc(Cl)cc3)cc2C1=O. The highest BCUT2D eigenvalue weighted by molar-refractivity contribution is 6.30. The minimum atomic E-state index is -1.39. The molecule has 0 amide bonds. The van der Waals surface area contributed by atoms with E-state index in [1.165, 1.54) is 12.1 Å².